The van der Waals surface area contributed by atoms with Gasteiger partial charge in [-0.2, -0.15) is 0 Å². The molecule has 0 aliphatic rings. The Labute approximate surface area is 121 Å². The van der Waals surface area contributed by atoms with Gasteiger partial charge in [-0.1, -0.05) is 6.07 Å². The van der Waals surface area contributed by atoms with Crippen LogP contribution in [0.1, 0.15) is 5.56 Å². The van der Waals surface area contributed by atoms with Crippen molar-refractivity contribution in [1.29, 1.82) is 0 Å². The van der Waals surface area contributed by atoms with Crippen molar-refractivity contribution in [2.75, 3.05) is 32.2 Å². The van der Waals surface area contributed by atoms with Crippen LogP contribution in [0, 0.1) is 17.0 Å². The van der Waals surface area contributed by atoms with E-state index in [1.807, 2.05) is 0 Å². The summed E-state index contributed by atoms with van der Waals surface area (Å²) in [6.07, 6.45) is 0. The molecule has 1 aromatic rings. The Morgan fingerprint density at radius 2 is 1.71 bits per heavy atom. The standard InChI is InChI=1S/C13H16N2O6/c1-9-4-5-10(6-11(9)15(18)19)14(7-12(16)20-2)8-13(17)21-3/h4-6H,7-8H2,1-3H3. The number of hydrogen-bond acceptors (Lipinski definition) is 7. The number of methoxy groups -OCH3 is 2. The molecule has 0 saturated carbocycles. The second kappa shape index (κ2) is 7.22. The van der Waals surface area contributed by atoms with Gasteiger partial charge in [-0.15, -0.1) is 0 Å². The lowest BCUT2D eigenvalue weighted by molar-refractivity contribution is -0.385. The number of nitrogens with zero attached hydrogens (tertiary/aromatic N) is 2. The van der Waals surface area contributed by atoms with Crippen LogP contribution >= 0.6 is 0 Å². The van der Waals surface area contributed by atoms with Gasteiger partial charge >= 0.3 is 11.9 Å². The highest BCUT2D eigenvalue weighted by molar-refractivity contribution is 5.81. The lowest BCUT2D eigenvalue weighted by atomic mass is 10.1. The Morgan fingerprint density at radius 3 is 2.14 bits per heavy atom. The molecule has 0 unspecified atom stereocenters. The maximum Gasteiger partial charge on any atom is 0.325 e. The molecule has 8 heteroatoms. The average Bonchev–Trinajstić information content (AvgIpc) is 2.46. The molecule has 21 heavy (non-hydrogen) atoms. The average molecular weight is 296 g/mol. The molecule has 0 saturated heterocycles. The summed E-state index contributed by atoms with van der Waals surface area (Å²) in [6, 6.07) is 4.45. The van der Waals surface area contributed by atoms with Gasteiger partial charge in [0.2, 0.25) is 0 Å². The van der Waals surface area contributed by atoms with Crippen LogP contribution in [0.4, 0.5) is 11.4 Å². The minimum atomic E-state index is -0.567. The molecule has 1 rings (SSSR count). The second-order valence-corrected chi connectivity index (χ2v) is 4.24. The van der Waals surface area contributed by atoms with Crippen LogP contribution in [-0.4, -0.2) is 44.2 Å². The number of aryl methyl sites for hydroxylation is 1. The molecule has 0 fully saturated rings. The number of hydrogen-bond donors (Lipinski definition) is 0. The molecule has 114 valence electrons. The summed E-state index contributed by atoms with van der Waals surface area (Å²) < 4.78 is 9.10. The van der Waals surface area contributed by atoms with Crippen LogP contribution in [0.25, 0.3) is 0 Å². The molecular weight excluding hydrogens is 280 g/mol. The molecule has 0 heterocycles. The quantitative estimate of drug-likeness (QED) is 0.439. The largest absolute Gasteiger partial charge is 0.468 e. The molecule has 8 nitrogen and oxygen atoms in total. The number of anilines is 1. The summed E-state index contributed by atoms with van der Waals surface area (Å²) in [5.74, 6) is -1.13. The van der Waals surface area contributed by atoms with Crippen LogP contribution < -0.4 is 4.90 Å². The van der Waals surface area contributed by atoms with Crippen molar-refractivity contribution in [3.8, 4) is 0 Å². The van der Waals surface area contributed by atoms with Gasteiger partial charge in [0.25, 0.3) is 5.69 Å². The van der Waals surface area contributed by atoms with Gasteiger partial charge in [-0.3, -0.25) is 19.7 Å². The van der Waals surface area contributed by atoms with E-state index in [9.17, 15) is 19.7 Å². The summed E-state index contributed by atoms with van der Waals surface area (Å²) >= 11 is 0. The Morgan fingerprint density at radius 1 is 1.19 bits per heavy atom. The predicted molar refractivity (Wildman–Crippen MR) is 74.1 cm³/mol. The highest BCUT2D eigenvalue weighted by Gasteiger charge is 2.19. The maximum atomic E-state index is 11.4. The minimum absolute atomic E-state index is 0.0905. The summed E-state index contributed by atoms with van der Waals surface area (Å²) in [7, 11) is 2.44. The topological polar surface area (TPSA) is 99.0 Å². The molecule has 0 radical (unpaired) electrons. The zero-order valence-electron chi connectivity index (χ0n) is 12.0. The summed E-state index contributed by atoms with van der Waals surface area (Å²) in [6.45, 7) is 1.17. The Bertz CT molecular complexity index is 540. The van der Waals surface area contributed by atoms with Crippen molar-refractivity contribution in [1.82, 2.24) is 0 Å². The number of nitro benzene ring substituents is 1. The molecule has 0 amide bonds. The number of ether oxygens (including phenoxy) is 2. The number of carbonyl (C=O) groups is 2. The third-order valence-corrected chi connectivity index (χ3v) is 2.85. The van der Waals surface area contributed by atoms with Crippen LogP contribution in [0.2, 0.25) is 0 Å². The predicted octanol–water partition coefficient (Wildman–Crippen LogP) is 1.06. The second-order valence-electron chi connectivity index (χ2n) is 4.24. The van der Waals surface area contributed by atoms with Crippen molar-refractivity contribution in [2.24, 2.45) is 0 Å². The fourth-order valence-corrected chi connectivity index (χ4v) is 1.67. The zero-order valence-corrected chi connectivity index (χ0v) is 12.0. The van der Waals surface area contributed by atoms with Gasteiger partial charge in [0, 0.05) is 17.3 Å². The fourth-order valence-electron chi connectivity index (χ4n) is 1.67. The number of carbonyl (C=O) groups excluding carboxylic acids is 2. The van der Waals surface area contributed by atoms with Gasteiger partial charge in [0.1, 0.15) is 13.1 Å². The normalized spacial score (nSPS) is 9.86. The van der Waals surface area contributed by atoms with E-state index in [4.69, 9.17) is 0 Å². The SMILES string of the molecule is COC(=O)CN(CC(=O)OC)c1ccc(C)c([N+](=O)[O-])c1. The first kappa shape index (κ1) is 16.4. The first-order valence-electron chi connectivity index (χ1n) is 6.02. The maximum absolute atomic E-state index is 11.4. The van der Waals surface area contributed by atoms with E-state index in [0.29, 0.717) is 11.3 Å². The molecule has 0 spiro atoms. The fraction of sp³-hybridized carbons (Fsp3) is 0.385. The van der Waals surface area contributed by atoms with Crippen molar-refractivity contribution < 1.29 is 24.0 Å². The molecule has 1 aromatic carbocycles. The number of benzene rings is 1. The lowest BCUT2D eigenvalue weighted by Crippen LogP contribution is -2.35. The molecule has 0 atom stereocenters. The third-order valence-electron chi connectivity index (χ3n) is 2.85. The molecule has 0 N–H and O–H groups in total. The first-order chi connectivity index (χ1) is 9.88. The Balaban J connectivity index is 3.12. The van der Waals surface area contributed by atoms with Crippen LogP contribution in [0.3, 0.4) is 0 Å². The van der Waals surface area contributed by atoms with Gasteiger partial charge in [0.15, 0.2) is 0 Å². The monoisotopic (exact) mass is 296 g/mol. The minimum Gasteiger partial charge on any atom is -0.468 e. The highest BCUT2D eigenvalue weighted by atomic mass is 16.6. The Kier molecular flexibility index (Phi) is 5.65. The van der Waals surface area contributed by atoms with Crippen LogP contribution in [0.5, 0.6) is 0 Å². The van der Waals surface area contributed by atoms with E-state index in [0.717, 1.165) is 0 Å². The van der Waals surface area contributed by atoms with Gasteiger partial charge in [-0.05, 0) is 13.0 Å². The van der Waals surface area contributed by atoms with E-state index in [-0.39, 0.29) is 18.8 Å². The van der Waals surface area contributed by atoms with Crippen molar-refractivity contribution in [2.45, 2.75) is 6.92 Å². The van der Waals surface area contributed by atoms with E-state index in [1.54, 1.807) is 19.1 Å². The molecular formula is C13H16N2O6. The summed E-state index contributed by atoms with van der Waals surface area (Å²) in [4.78, 5) is 34.6. The number of nitro groups is 1. The van der Waals surface area contributed by atoms with Crippen molar-refractivity contribution in [3.05, 3.63) is 33.9 Å². The van der Waals surface area contributed by atoms with Gasteiger partial charge in [-0.25, -0.2) is 0 Å². The third kappa shape index (κ3) is 4.44. The molecule has 0 bridgehead atoms. The lowest BCUT2D eigenvalue weighted by Gasteiger charge is -2.22. The molecule has 0 aromatic heterocycles. The van der Waals surface area contributed by atoms with Crippen LogP contribution in [-0.2, 0) is 19.1 Å². The van der Waals surface area contributed by atoms with E-state index >= 15 is 0 Å². The smallest absolute Gasteiger partial charge is 0.325 e. The first-order valence-corrected chi connectivity index (χ1v) is 6.02. The number of rotatable bonds is 6. The van der Waals surface area contributed by atoms with Crippen molar-refractivity contribution >= 4 is 23.3 Å². The number of esters is 2. The van der Waals surface area contributed by atoms with Gasteiger partial charge < -0.3 is 14.4 Å². The van der Waals surface area contributed by atoms with E-state index in [1.165, 1.54) is 25.2 Å². The summed E-state index contributed by atoms with van der Waals surface area (Å²) in [5.41, 5.74) is 0.759. The van der Waals surface area contributed by atoms with Crippen LogP contribution in [0.15, 0.2) is 18.2 Å². The summed E-state index contributed by atoms with van der Waals surface area (Å²) in [5, 5.41) is 11.0. The molecule has 0 aliphatic carbocycles. The van der Waals surface area contributed by atoms with Gasteiger partial charge in [0.05, 0.1) is 19.1 Å². The Hall–Kier alpha value is -2.64. The van der Waals surface area contributed by atoms with E-state index < -0.39 is 16.9 Å². The molecule has 0 aliphatic heterocycles. The zero-order chi connectivity index (χ0) is 16.0. The van der Waals surface area contributed by atoms with E-state index in [2.05, 4.69) is 9.47 Å². The van der Waals surface area contributed by atoms with Crippen molar-refractivity contribution in [3.63, 3.8) is 0 Å². The highest BCUT2D eigenvalue weighted by Crippen LogP contribution is 2.25.